The van der Waals surface area contributed by atoms with Crippen LogP contribution in [0.3, 0.4) is 0 Å². The van der Waals surface area contributed by atoms with Gasteiger partial charge in [-0.15, -0.1) is 22.0 Å². The van der Waals surface area contributed by atoms with E-state index in [0.717, 1.165) is 42.5 Å². The molecule has 94 valence electrons. The number of aromatic nitrogens is 3. The summed E-state index contributed by atoms with van der Waals surface area (Å²) >= 11 is 1.79. The van der Waals surface area contributed by atoms with E-state index >= 15 is 0 Å². The highest BCUT2D eigenvalue weighted by Gasteiger charge is 2.17. The quantitative estimate of drug-likeness (QED) is 0.793. The molecule has 1 aliphatic rings. The number of unbranched alkanes of at least 4 members (excludes halogenated alkanes) is 1. The smallest absolute Gasteiger partial charge is 0.147 e. The van der Waals surface area contributed by atoms with Crippen molar-refractivity contribution < 1.29 is 4.74 Å². The number of hydrogen-bond donors (Lipinski definition) is 0. The molecular formula is C13H15N3OS. The molecule has 0 saturated carbocycles. The van der Waals surface area contributed by atoms with Crippen LogP contribution in [0.15, 0.2) is 29.4 Å². The van der Waals surface area contributed by atoms with Gasteiger partial charge in [0.15, 0.2) is 0 Å². The zero-order valence-electron chi connectivity index (χ0n) is 10.3. The zero-order chi connectivity index (χ0) is 12.4. The van der Waals surface area contributed by atoms with Gasteiger partial charge in [0.25, 0.3) is 0 Å². The molecular weight excluding hydrogens is 246 g/mol. The molecule has 2 heterocycles. The Labute approximate surface area is 110 Å². The van der Waals surface area contributed by atoms with E-state index in [1.807, 2.05) is 10.6 Å². The molecule has 0 amide bonds. The van der Waals surface area contributed by atoms with E-state index in [0.29, 0.717) is 0 Å². The fourth-order valence-corrected chi connectivity index (χ4v) is 2.93. The van der Waals surface area contributed by atoms with E-state index in [2.05, 4.69) is 29.3 Å². The number of hydrogen-bond acceptors (Lipinski definition) is 4. The standard InChI is InChI=1S/C13H15N3OS/c1-2-3-6-17-10-4-5-11-12(7-10)18-8-13-15-14-9-16(11)13/h4-5,7,9H,2-3,6,8H2,1H3. The van der Waals surface area contributed by atoms with Gasteiger partial charge in [0.05, 0.1) is 18.0 Å². The lowest BCUT2D eigenvalue weighted by Gasteiger charge is -2.17. The Balaban J connectivity index is 1.85. The van der Waals surface area contributed by atoms with E-state index in [1.165, 1.54) is 4.90 Å². The minimum absolute atomic E-state index is 0.790. The van der Waals surface area contributed by atoms with Crippen LogP contribution in [0.4, 0.5) is 0 Å². The molecule has 1 aromatic heterocycles. The zero-order valence-corrected chi connectivity index (χ0v) is 11.1. The molecule has 5 heteroatoms. The number of rotatable bonds is 4. The second-order valence-corrected chi connectivity index (χ2v) is 5.25. The van der Waals surface area contributed by atoms with Crippen molar-refractivity contribution in [2.75, 3.05) is 6.61 Å². The Morgan fingerprint density at radius 1 is 1.44 bits per heavy atom. The molecule has 0 bridgehead atoms. The number of ether oxygens (including phenoxy) is 1. The van der Waals surface area contributed by atoms with Crippen LogP contribution in [0.1, 0.15) is 25.6 Å². The summed E-state index contributed by atoms with van der Waals surface area (Å²) in [6.45, 7) is 2.96. The van der Waals surface area contributed by atoms with Crippen LogP contribution in [0, 0.1) is 0 Å². The lowest BCUT2D eigenvalue weighted by molar-refractivity contribution is 0.308. The van der Waals surface area contributed by atoms with Crippen LogP contribution in [0.5, 0.6) is 5.75 Å². The van der Waals surface area contributed by atoms with Crippen LogP contribution in [0.2, 0.25) is 0 Å². The highest BCUT2D eigenvalue weighted by atomic mass is 32.2. The van der Waals surface area contributed by atoms with Gasteiger partial charge < -0.3 is 4.74 Å². The summed E-state index contributed by atoms with van der Waals surface area (Å²) in [5, 5.41) is 8.05. The predicted molar refractivity (Wildman–Crippen MR) is 71.3 cm³/mol. The number of nitrogens with zero attached hydrogens (tertiary/aromatic N) is 3. The van der Waals surface area contributed by atoms with E-state index in [9.17, 15) is 0 Å². The molecule has 0 N–H and O–H groups in total. The summed E-state index contributed by atoms with van der Waals surface area (Å²) < 4.78 is 7.77. The van der Waals surface area contributed by atoms with E-state index in [4.69, 9.17) is 4.74 Å². The van der Waals surface area contributed by atoms with E-state index in [1.54, 1.807) is 18.1 Å². The highest BCUT2D eigenvalue weighted by molar-refractivity contribution is 7.98. The average Bonchev–Trinajstić information content (AvgIpc) is 2.87. The fourth-order valence-electron chi connectivity index (χ4n) is 1.93. The first-order valence-corrected chi connectivity index (χ1v) is 7.16. The third-order valence-corrected chi connectivity index (χ3v) is 3.97. The number of fused-ring (bicyclic) bond motifs is 3. The molecule has 4 nitrogen and oxygen atoms in total. The maximum Gasteiger partial charge on any atom is 0.147 e. The number of benzene rings is 1. The summed E-state index contributed by atoms with van der Waals surface area (Å²) in [5.74, 6) is 2.82. The van der Waals surface area contributed by atoms with Crippen LogP contribution in [0.25, 0.3) is 5.69 Å². The van der Waals surface area contributed by atoms with Crippen molar-refractivity contribution in [3.05, 3.63) is 30.4 Å². The Morgan fingerprint density at radius 3 is 3.28 bits per heavy atom. The lowest BCUT2D eigenvalue weighted by Crippen LogP contribution is -2.06. The minimum atomic E-state index is 0.790. The summed E-state index contributed by atoms with van der Waals surface area (Å²) in [7, 11) is 0. The molecule has 0 atom stereocenters. The Hall–Kier alpha value is -1.49. The fraction of sp³-hybridized carbons (Fsp3) is 0.385. The van der Waals surface area contributed by atoms with Gasteiger partial charge >= 0.3 is 0 Å². The van der Waals surface area contributed by atoms with Crippen molar-refractivity contribution >= 4 is 11.8 Å². The van der Waals surface area contributed by atoms with E-state index in [-0.39, 0.29) is 0 Å². The molecule has 0 fully saturated rings. The maximum atomic E-state index is 5.73. The highest BCUT2D eigenvalue weighted by Crippen LogP contribution is 2.36. The van der Waals surface area contributed by atoms with Crippen molar-refractivity contribution in [1.29, 1.82) is 0 Å². The first kappa shape index (κ1) is 11.6. The monoisotopic (exact) mass is 261 g/mol. The Morgan fingerprint density at radius 2 is 2.39 bits per heavy atom. The molecule has 3 rings (SSSR count). The van der Waals surface area contributed by atoms with Crippen LogP contribution < -0.4 is 4.74 Å². The van der Waals surface area contributed by atoms with Crippen LogP contribution in [-0.2, 0) is 5.75 Å². The van der Waals surface area contributed by atoms with Gasteiger partial charge in [-0.1, -0.05) is 13.3 Å². The largest absolute Gasteiger partial charge is 0.494 e. The van der Waals surface area contributed by atoms with Crippen molar-refractivity contribution in [2.24, 2.45) is 0 Å². The lowest BCUT2D eigenvalue weighted by atomic mass is 10.3. The van der Waals surface area contributed by atoms with Gasteiger partial charge in [-0.3, -0.25) is 4.57 Å². The van der Waals surface area contributed by atoms with Crippen molar-refractivity contribution in [3.63, 3.8) is 0 Å². The Kier molecular flexibility index (Phi) is 3.23. The molecule has 0 saturated heterocycles. The molecule has 18 heavy (non-hydrogen) atoms. The Bertz CT molecular complexity index is 553. The summed E-state index contributed by atoms with van der Waals surface area (Å²) in [6, 6.07) is 6.21. The van der Waals surface area contributed by atoms with Gasteiger partial charge in [0.2, 0.25) is 0 Å². The molecule has 0 spiro atoms. The maximum absolute atomic E-state index is 5.73. The van der Waals surface area contributed by atoms with Gasteiger partial charge in [-0.25, -0.2) is 0 Å². The predicted octanol–water partition coefficient (Wildman–Crippen LogP) is 3.05. The van der Waals surface area contributed by atoms with E-state index < -0.39 is 0 Å². The normalized spacial score (nSPS) is 12.9. The van der Waals surface area contributed by atoms with Crippen molar-refractivity contribution in [1.82, 2.24) is 14.8 Å². The molecule has 2 aromatic rings. The summed E-state index contributed by atoms with van der Waals surface area (Å²) in [6.07, 6.45) is 4.02. The molecule has 0 radical (unpaired) electrons. The molecule has 1 aromatic carbocycles. The topological polar surface area (TPSA) is 39.9 Å². The third-order valence-electron chi connectivity index (χ3n) is 2.93. The second kappa shape index (κ2) is 5.02. The number of thioether (sulfide) groups is 1. The first-order valence-electron chi connectivity index (χ1n) is 6.17. The molecule has 0 unspecified atom stereocenters. The van der Waals surface area contributed by atoms with Gasteiger partial charge in [0.1, 0.15) is 17.9 Å². The average molecular weight is 261 g/mol. The van der Waals surface area contributed by atoms with Crippen LogP contribution >= 0.6 is 11.8 Å². The SMILES string of the molecule is CCCCOc1ccc2c(c1)SCc1nncn1-2. The van der Waals surface area contributed by atoms with Gasteiger partial charge in [-0.05, 0) is 24.6 Å². The molecule has 0 aliphatic carbocycles. The van der Waals surface area contributed by atoms with Gasteiger partial charge in [0, 0.05) is 4.90 Å². The van der Waals surface area contributed by atoms with Crippen LogP contribution in [-0.4, -0.2) is 21.4 Å². The first-order chi connectivity index (χ1) is 8.88. The van der Waals surface area contributed by atoms with Gasteiger partial charge in [-0.2, -0.15) is 0 Å². The molecule has 1 aliphatic heterocycles. The van der Waals surface area contributed by atoms with Crippen molar-refractivity contribution in [3.8, 4) is 11.4 Å². The van der Waals surface area contributed by atoms with Crippen molar-refractivity contribution in [2.45, 2.75) is 30.4 Å². The second-order valence-electron chi connectivity index (χ2n) is 4.24. The summed E-state index contributed by atoms with van der Waals surface area (Å²) in [4.78, 5) is 1.23. The minimum Gasteiger partial charge on any atom is -0.494 e. The summed E-state index contributed by atoms with van der Waals surface area (Å²) in [5.41, 5.74) is 1.15. The third kappa shape index (κ3) is 2.10.